The molecule has 1 amide bonds. The number of allylic oxidation sites excluding steroid dienone is 3. The molecular weight excluding hydrogens is 162 g/mol. The number of likely N-dealkylation sites (N-methyl/N-ethyl adjacent to an activating group) is 1. The lowest BCUT2D eigenvalue weighted by Gasteiger charge is -2.09. The average Bonchev–Trinajstić information content (AvgIpc) is 2.11. The van der Waals surface area contributed by atoms with Crippen molar-refractivity contribution in [2.75, 3.05) is 14.1 Å². The summed E-state index contributed by atoms with van der Waals surface area (Å²) < 4.78 is 0. The Labute approximate surface area is 80.9 Å². The molecule has 13 heavy (non-hydrogen) atoms. The van der Waals surface area contributed by atoms with Crippen molar-refractivity contribution in [2.45, 2.75) is 27.2 Å². The molecule has 0 aliphatic carbocycles. The van der Waals surface area contributed by atoms with Crippen LogP contribution in [0.25, 0.3) is 0 Å². The molecule has 0 fully saturated rings. The SMILES string of the molecule is CC/C(C)=C/C=C(\C)C(=O)N(C)C. The Hall–Kier alpha value is -1.05. The van der Waals surface area contributed by atoms with Crippen molar-refractivity contribution in [3.63, 3.8) is 0 Å². The molecule has 74 valence electrons. The van der Waals surface area contributed by atoms with Gasteiger partial charge in [0.15, 0.2) is 0 Å². The third kappa shape index (κ3) is 4.51. The molecule has 0 radical (unpaired) electrons. The molecule has 0 saturated heterocycles. The second kappa shape index (κ2) is 5.57. The summed E-state index contributed by atoms with van der Waals surface area (Å²) in [5.74, 6) is 0.0696. The Morgan fingerprint density at radius 2 is 1.77 bits per heavy atom. The second-order valence-corrected chi connectivity index (χ2v) is 3.42. The van der Waals surface area contributed by atoms with Gasteiger partial charge >= 0.3 is 0 Å². The number of rotatable bonds is 3. The van der Waals surface area contributed by atoms with Gasteiger partial charge in [0.2, 0.25) is 5.91 Å². The van der Waals surface area contributed by atoms with Crippen LogP contribution < -0.4 is 0 Å². The first-order valence-corrected chi connectivity index (χ1v) is 4.54. The molecule has 0 N–H and O–H groups in total. The Bertz CT molecular complexity index is 236. The van der Waals surface area contributed by atoms with E-state index in [4.69, 9.17) is 0 Å². The molecular formula is C11H19NO. The van der Waals surface area contributed by atoms with Gasteiger partial charge in [-0.2, -0.15) is 0 Å². The van der Waals surface area contributed by atoms with E-state index in [0.717, 1.165) is 12.0 Å². The average molecular weight is 181 g/mol. The highest BCUT2D eigenvalue weighted by molar-refractivity contribution is 5.92. The van der Waals surface area contributed by atoms with E-state index in [1.165, 1.54) is 5.57 Å². The molecule has 0 bridgehead atoms. The van der Waals surface area contributed by atoms with E-state index in [2.05, 4.69) is 13.8 Å². The highest BCUT2D eigenvalue weighted by Gasteiger charge is 2.04. The standard InChI is InChI=1S/C11H19NO/c1-6-9(2)7-8-10(3)11(13)12(4)5/h7-8H,6H2,1-5H3/b9-7+,10-8+. The van der Waals surface area contributed by atoms with Crippen molar-refractivity contribution in [1.29, 1.82) is 0 Å². The molecule has 0 saturated carbocycles. The quantitative estimate of drug-likeness (QED) is 0.483. The van der Waals surface area contributed by atoms with Gasteiger partial charge in [0.05, 0.1) is 0 Å². The van der Waals surface area contributed by atoms with Crippen LogP contribution in [0.1, 0.15) is 27.2 Å². The predicted octanol–water partition coefficient (Wildman–Crippen LogP) is 2.38. The van der Waals surface area contributed by atoms with Crippen LogP contribution in [0, 0.1) is 0 Å². The lowest BCUT2D eigenvalue weighted by molar-refractivity contribution is -0.124. The third-order valence-corrected chi connectivity index (χ3v) is 1.92. The molecule has 0 rings (SSSR count). The second-order valence-electron chi connectivity index (χ2n) is 3.42. The van der Waals surface area contributed by atoms with Crippen molar-refractivity contribution in [1.82, 2.24) is 4.90 Å². The molecule has 0 aromatic heterocycles. The number of nitrogens with zero attached hydrogens (tertiary/aromatic N) is 1. The third-order valence-electron chi connectivity index (χ3n) is 1.92. The van der Waals surface area contributed by atoms with Crippen molar-refractivity contribution in [3.8, 4) is 0 Å². The highest BCUT2D eigenvalue weighted by atomic mass is 16.2. The van der Waals surface area contributed by atoms with Gasteiger partial charge in [-0.15, -0.1) is 0 Å². The van der Waals surface area contributed by atoms with Crippen LogP contribution in [-0.4, -0.2) is 24.9 Å². The maximum absolute atomic E-state index is 11.4. The molecule has 0 aliphatic rings. The minimum Gasteiger partial charge on any atom is -0.345 e. The topological polar surface area (TPSA) is 20.3 Å². The molecule has 0 spiro atoms. The summed E-state index contributed by atoms with van der Waals surface area (Å²) in [6, 6.07) is 0. The van der Waals surface area contributed by atoms with E-state index in [-0.39, 0.29) is 5.91 Å². The number of amides is 1. The van der Waals surface area contributed by atoms with Crippen molar-refractivity contribution in [2.24, 2.45) is 0 Å². The van der Waals surface area contributed by atoms with Crippen molar-refractivity contribution >= 4 is 5.91 Å². The zero-order valence-corrected chi connectivity index (χ0v) is 9.22. The maximum atomic E-state index is 11.4. The highest BCUT2D eigenvalue weighted by Crippen LogP contribution is 2.02. The summed E-state index contributed by atoms with van der Waals surface area (Å²) in [7, 11) is 3.52. The van der Waals surface area contributed by atoms with Gasteiger partial charge in [0.25, 0.3) is 0 Å². The minimum absolute atomic E-state index is 0.0696. The normalized spacial score (nSPS) is 13.0. The molecule has 0 aromatic rings. The Kier molecular flexibility index (Phi) is 5.12. The first-order chi connectivity index (χ1) is 5.99. The van der Waals surface area contributed by atoms with Gasteiger partial charge in [0.1, 0.15) is 0 Å². The molecule has 0 aliphatic heterocycles. The lowest BCUT2D eigenvalue weighted by atomic mass is 10.2. The van der Waals surface area contributed by atoms with Gasteiger partial charge in [-0.25, -0.2) is 0 Å². The number of hydrogen-bond donors (Lipinski definition) is 0. The van der Waals surface area contributed by atoms with Crippen LogP contribution in [0.15, 0.2) is 23.3 Å². The lowest BCUT2D eigenvalue weighted by Crippen LogP contribution is -2.22. The Morgan fingerprint density at radius 1 is 1.23 bits per heavy atom. The Balaban J connectivity index is 4.42. The smallest absolute Gasteiger partial charge is 0.248 e. The largest absolute Gasteiger partial charge is 0.345 e. The van der Waals surface area contributed by atoms with Crippen LogP contribution in [0.4, 0.5) is 0 Å². The molecule has 0 heterocycles. The van der Waals surface area contributed by atoms with Crippen LogP contribution >= 0.6 is 0 Å². The van der Waals surface area contributed by atoms with Crippen LogP contribution in [0.5, 0.6) is 0 Å². The van der Waals surface area contributed by atoms with Crippen LogP contribution in [0.3, 0.4) is 0 Å². The first kappa shape index (κ1) is 11.9. The maximum Gasteiger partial charge on any atom is 0.248 e. The fourth-order valence-electron chi connectivity index (χ4n) is 0.809. The molecule has 0 atom stereocenters. The van der Waals surface area contributed by atoms with E-state index < -0.39 is 0 Å². The minimum atomic E-state index is 0.0696. The van der Waals surface area contributed by atoms with Gasteiger partial charge in [-0.1, -0.05) is 24.6 Å². The van der Waals surface area contributed by atoms with Crippen LogP contribution in [0.2, 0.25) is 0 Å². The monoisotopic (exact) mass is 181 g/mol. The molecule has 2 nitrogen and oxygen atoms in total. The summed E-state index contributed by atoms with van der Waals surface area (Å²) in [4.78, 5) is 13.0. The van der Waals surface area contributed by atoms with E-state index in [9.17, 15) is 4.79 Å². The fourth-order valence-corrected chi connectivity index (χ4v) is 0.809. The zero-order chi connectivity index (χ0) is 10.4. The van der Waals surface area contributed by atoms with Gasteiger partial charge < -0.3 is 4.90 Å². The van der Waals surface area contributed by atoms with E-state index in [0.29, 0.717) is 0 Å². The summed E-state index contributed by atoms with van der Waals surface area (Å²) in [5.41, 5.74) is 2.06. The van der Waals surface area contributed by atoms with E-state index >= 15 is 0 Å². The summed E-state index contributed by atoms with van der Waals surface area (Å²) in [6.07, 6.45) is 4.90. The predicted molar refractivity (Wildman–Crippen MR) is 56.5 cm³/mol. The number of carbonyl (C=O) groups is 1. The van der Waals surface area contributed by atoms with Gasteiger partial charge in [-0.05, 0) is 20.3 Å². The number of carbonyl (C=O) groups excluding carboxylic acids is 1. The molecule has 2 heteroatoms. The summed E-state index contributed by atoms with van der Waals surface area (Å²) in [5, 5.41) is 0. The zero-order valence-electron chi connectivity index (χ0n) is 9.22. The van der Waals surface area contributed by atoms with Crippen LogP contribution in [-0.2, 0) is 4.79 Å². The summed E-state index contributed by atoms with van der Waals surface area (Å²) >= 11 is 0. The molecule has 0 aromatic carbocycles. The van der Waals surface area contributed by atoms with Crippen molar-refractivity contribution in [3.05, 3.63) is 23.3 Å². The fraction of sp³-hybridized carbons (Fsp3) is 0.545. The first-order valence-electron chi connectivity index (χ1n) is 4.54. The Morgan fingerprint density at radius 3 is 2.15 bits per heavy atom. The van der Waals surface area contributed by atoms with Crippen molar-refractivity contribution < 1.29 is 4.79 Å². The van der Waals surface area contributed by atoms with E-state index in [1.807, 2.05) is 19.1 Å². The molecule has 0 unspecified atom stereocenters. The summed E-state index contributed by atoms with van der Waals surface area (Å²) in [6.45, 7) is 5.99. The van der Waals surface area contributed by atoms with E-state index in [1.54, 1.807) is 19.0 Å². The van der Waals surface area contributed by atoms with Gasteiger partial charge in [-0.3, -0.25) is 4.79 Å². The number of hydrogen-bond acceptors (Lipinski definition) is 1. The van der Waals surface area contributed by atoms with Gasteiger partial charge in [0, 0.05) is 19.7 Å².